The van der Waals surface area contributed by atoms with Crippen molar-refractivity contribution in [2.75, 3.05) is 36.2 Å². The van der Waals surface area contributed by atoms with Crippen molar-refractivity contribution in [3.05, 3.63) is 18.2 Å². The molecule has 3 heterocycles. The Hall–Kier alpha value is -2.61. The smallest absolute Gasteiger partial charge is 0.329 e. The summed E-state index contributed by atoms with van der Waals surface area (Å²) >= 11 is 0. The second-order valence-corrected chi connectivity index (χ2v) is 5.84. The molecule has 122 valence electrons. The fraction of sp³-hybridized carbons (Fsp3) is 0.400. The summed E-state index contributed by atoms with van der Waals surface area (Å²) in [7, 11) is 3.71. The molecule has 4 N–H and O–H groups in total. The molecule has 0 bridgehead atoms. The van der Waals surface area contributed by atoms with Crippen molar-refractivity contribution in [3.63, 3.8) is 0 Å². The second kappa shape index (κ2) is 5.54. The van der Waals surface area contributed by atoms with Crippen LogP contribution in [-0.4, -0.2) is 58.9 Å². The number of anilines is 3. The van der Waals surface area contributed by atoms with Gasteiger partial charge >= 0.3 is 5.97 Å². The summed E-state index contributed by atoms with van der Waals surface area (Å²) in [6, 6.07) is 4.25. The van der Waals surface area contributed by atoms with E-state index in [-0.39, 0.29) is 0 Å². The number of aliphatic carboxylic acids is 1. The molecule has 1 aliphatic rings. The molecule has 2 atom stereocenters. The van der Waals surface area contributed by atoms with E-state index in [0.29, 0.717) is 41.3 Å². The lowest BCUT2D eigenvalue weighted by Crippen LogP contribution is -2.42. The fourth-order valence-electron chi connectivity index (χ4n) is 2.90. The van der Waals surface area contributed by atoms with Crippen molar-refractivity contribution >= 4 is 34.3 Å². The summed E-state index contributed by atoms with van der Waals surface area (Å²) in [6.07, 6.45) is -0.499. The van der Waals surface area contributed by atoms with Crippen LogP contribution in [0, 0.1) is 0 Å². The van der Waals surface area contributed by atoms with Crippen LogP contribution in [0.1, 0.15) is 6.42 Å². The number of pyridine rings is 2. The number of nitrogens with zero attached hydrogens (tertiary/aromatic N) is 4. The molecule has 0 amide bonds. The topological polar surface area (TPSA) is 116 Å². The van der Waals surface area contributed by atoms with E-state index in [1.807, 2.05) is 19.0 Å². The molecule has 2 unspecified atom stereocenters. The minimum atomic E-state index is -1.06. The Labute approximate surface area is 133 Å². The van der Waals surface area contributed by atoms with Crippen LogP contribution in [0.4, 0.5) is 17.3 Å². The van der Waals surface area contributed by atoms with Crippen LogP contribution in [0.15, 0.2) is 18.2 Å². The highest BCUT2D eigenvalue weighted by atomic mass is 16.4. The molecule has 1 saturated heterocycles. The van der Waals surface area contributed by atoms with Crippen molar-refractivity contribution in [3.8, 4) is 0 Å². The highest BCUT2D eigenvalue weighted by Gasteiger charge is 2.39. The molecule has 2 aromatic heterocycles. The molecule has 3 rings (SSSR count). The maximum atomic E-state index is 11.4. The third-order valence-corrected chi connectivity index (χ3v) is 4.00. The average Bonchev–Trinajstić information content (AvgIpc) is 2.87. The number of carboxylic acid groups (broad SMARTS) is 1. The minimum absolute atomic E-state index is 0.399. The van der Waals surface area contributed by atoms with Gasteiger partial charge in [-0.3, -0.25) is 0 Å². The largest absolute Gasteiger partial charge is 0.480 e. The monoisotopic (exact) mass is 317 g/mol. The Morgan fingerprint density at radius 2 is 2.09 bits per heavy atom. The molecule has 0 aromatic carbocycles. The van der Waals surface area contributed by atoms with Crippen molar-refractivity contribution in [2.45, 2.75) is 18.6 Å². The lowest BCUT2D eigenvalue weighted by Gasteiger charge is -2.24. The third-order valence-electron chi connectivity index (χ3n) is 4.00. The van der Waals surface area contributed by atoms with E-state index < -0.39 is 18.1 Å². The molecule has 0 aliphatic carbocycles. The number of carboxylic acids is 1. The van der Waals surface area contributed by atoms with Gasteiger partial charge in [0.05, 0.1) is 22.8 Å². The highest BCUT2D eigenvalue weighted by Crippen LogP contribution is 2.28. The Morgan fingerprint density at radius 1 is 1.35 bits per heavy atom. The van der Waals surface area contributed by atoms with E-state index in [4.69, 9.17) is 5.73 Å². The van der Waals surface area contributed by atoms with Crippen LogP contribution in [0.25, 0.3) is 11.0 Å². The van der Waals surface area contributed by atoms with Crippen molar-refractivity contribution in [1.82, 2.24) is 9.97 Å². The number of aliphatic hydroxyl groups excluding tert-OH is 1. The Bertz CT molecular complexity index is 764. The molecule has 0 saturated carbocycles. The molecule has 23 heavy (non-hydrogen) atoms. The van der Waals surface area contributed by atoms with Crippen molar-refractivity contribution < 1.29 is 15.0 Å². The minimum Gasteiger partial charge on any atom is -0.480 e. The van der Waals surface area contributed by atoms with Crippen molar-refractivity contribution in [2.24, 2.45) is 0 Å². The first-order valence-electron chi connectivity index (χ1n) is 7.30. The van der Waals surface area contributed by atoms with Gasteiger partial charge in [-0.05, 0) is 24.6 Å². The number of fused-ring (bicyclic) bond motifs is 1. The van der Waals surface area contributed by atoms with Crippen LogP contribution in [0.3, 0.4) is 0 Å². The number of hydrogen-bond donors (Lipinski definition) is 3. The van der Waals surface area contributed by atoms with Crippen LogP contribution in [0.2, 0.25) is 0 Å². The predicted octanol–water partition coefficient (Wildman–Crippen LogP) is 0.302. The highest BCUT2D eigenvalue weighted by molar-refractivity contribution is 5.85. The van der Waals surface area contributed by atoms with Gasteiger partial charge in [-0.15, -0.1) is 0 Å². The summed E-state index contributed by atoms with van der Waals surface area (Å²) in [6.45, 7) is 0.440. The number of aliphatic hydroxyl groups is 1. The van der Waals surface area contributed by atoms with E-state index in [1.165, 1.54) is 0 Å². The molecular formula is C15H19N5O3. The van der Waals surface area contributed by atoms with E-state index in [0.717, 1.165) is 0 Å². The van der Waals surface area contributed by atoms with Gasteiger partial charge in [0.25, 0.3) is 0 Å². The van der Waals surface area contributed by atoms with Gasteiger partial charge in [0.15, 0.2) is 11.9 Å². The fourth-order valence-corrected chi connectivity index (χ4v) is 2.90. The number of nitrogen functional groups attached to an aromatic ring is 1. The van der Waals surface area contributed by atoms with Crippen LogP contribution in [-0.2, 0) is 4.79 Å². The number of carbonyl (C=O) groups is 1. The predicted molar refractivity (Wildman–Crippen MR) is 87.7 cm³/mol. The zero-order valence-corrected chi connectivity index (χ0v) is 13.0. The summed E-state index contributed by atoms with van der Waals surface area (Å²) < 4.78 is 0. The lowest BCUT2D eigenvalue weighted by atomic mass is 10.2. The Kier molecular flexibility index (Phi) is 3.69. The molecule has 2 aromatic rings. The maximum absolute atomic E-state index is 11.4. The van der Waals surface area contributed by atoms with Crippen LogP contribution in [0.5, 0.6) is 0 Å². The first kappa shape index (κ1) is 15.3. The Balaban J connectivity index is 2.03. The molecule has 0 radical (unpaired) electrons. The van der Waals surface area contributed by atoms with Crippen LogP contribution >= 0.6 is 0 Å². The van der Waals surface area contributed by atoms with Crippen LogP contribution < -0.4 is 15.5 Å². The quantitative estimate of drug-likeness (QED) is 0.740. The molecule has 1 fully saturated rings. The van der Waals surface area contributed by atoms with E-state index in [2.05, 4.69) is 9.97 Å². The summed E-state index contributed by atoms with van der Waals surface area (Å²) in [4.78, 5) is 23.7. The second-order valence-electron chi connectivity index (χ2n) is 5.84. The Morgan fingerprint density at radius 3 is 2.74 bits per heavy atom. The maximum Gasteiger partial charge on any atom is 0.329 e. The van der Waals surface area contributed by atoms with Crippen molar-refractivity contribution in [1.29, 1.82) is 0 Å². The van der Waals surface area contributed by atoms with E-state index >= 15 is 0 Å². The summed E-state index contributed by atoms with van der Waals surface area (Å²) in [5.41, 5.74) is 7.77. The number of nitrogens with two attached hydrogens (primary N) is 1. The molecule has 8 heteroatoms. The summed E-state index contributed by atoms with van der Waals surface area (Å²) in [5, 5.41) is 19.2. The zero-order chi connectivity index (χ0) is 16.7. The normalized spacial score (nSPS) is 20.9. The van der Waals surface area contributed by atoms with Gasteiger partial charge in [0.1, 0.15) is 5.82 Å². The lowest BCUT2D eigenvalue weighted by molar-refractivity contribution is -0.140. The number of hydrogen-bond acceptors (Lipinski definition) is 7. The van der Waals surface area contributed by atoms with Gasteiger partial charge in [0.2, 0.25) is 0 Å². The number of aromatic nitrogens is 2. The number of rotatable bonds is 3. The van der Waals surface area contributed by atoms with E-state index in [9.17, 15) is 15.0 Å². The average molecular weight is 317 g/mol. The first-order chi connectivity index (χ1) is 10.9. The first-order valence-corrected chi connectivity index (χ1v) is 7.30. The molecule has 8 nitrogen and oxygen atoms in total. The molecule has 1 aliphatic heterocycles. The molecular weight excluding hydrogens is 298 g/mol. The van der Waals surface area contributed by atoms with Gasteiger partial charge in [0, 0.05) is 20.6 Å². The standard InChI is InChI=1S/C15H19N5O3/c1-19(2)14-8(16)7-10-9(18-14)3-4-12(17-10)20-6-5-11(21)13(20)15(22)23/h3-4,7,11,13,21H,5-6,16H2,1-2H3,(H,22,23). The SMILES string of the molecule is CN(C)c1nc2ccc(N3CCC(O)C3C(=O)O)nc2cc1N. The van der Waals surface area contributed by atoms with E-state index in [1.54, 1.807) is 23.1 Å². The third kappa shape index (κ3) is 2.61. The van der Waals surface area contributed by atoms with Gasteiger partial charge in [-0.2, -0.15) is 0 Å². The molecule has 0 spiro atoms. The van der Waals surface area contributed by atoms with Gasteiger partial charge in [-0.25, -0.2) is 14.8 Å². The van der Waals surface area contributed by atoms with Gasteiger partial charge in [-0.1, -0.05) is 0 Å². The zero-order valence-electron chi connectivity index (χ0n) is 13.0. The van der Waals surface area contributed by atoms with Gasteiger partial charge < -0.3 is 25.7 Å². The summed E-state index contributed by atoms with van der Waals surface area (Å²) in [5.74, 6) is 0.102.